The number of carbonyl (C=O) groups excluding carboxylic acids is 1. The molecule has 0 spiro atoms. The lowest BCUT2D eigenvalue weighted by molar-refractivity contribution is 0.104. The second-order valence-electron chi connectivity index (χ2n) is 4.48. The van der Waals surface area contributed by atoms with Gasteiger partial charge in [-0.15, -0.1) is 0 Å². The molecule has 0 bridgehead atoms. The van der Waals surface area contributed by atoms with Gasteiger partial charge in [-0.05, 0) is 34.5 Å². The van der Waals surface area contributed by atoms with Crippen LogP contribution in [0.2, 0.25) is 0 Å². The lowest BCUT2D eigenvalue weighted by Crippen LogP contribution is -1.96. The molecule has 1 aromatic heterocycles. The van der Waals surface area contributed by atoms with E-state index in [2.05, 4.69) is 23.2 Å². The van der Waals surface area contributed by atoms with Crippen molar-refractivity contribution in [1.82, 2.24) is 4.98 Å². The number of carbonyl (C=O) groups is 1. The summed E-state index contributed by atoms with van der Waals surface area (Å²) in [4.78, 5) is 16.1. The molecule has 0 amide bonds. The zero-order chi connectivity index (χ0) is 13.8. The Bertz CT molecular complexity index is 770. The van der Waals surface area contributed by atoms with Crippen molar-refractivity contribution in [3.63, 3.8) is 0 Å². The Labute approximate surface area is 117 Å². The predicted molar refractivity (Wildman–Crippen MR) is 81.5 cm³/mol. The van der Waals surface area contributed by atoms with Gasteiger partial charge in [0.05, 0.1) is 0 Å². The molecule has 20 heavy (non-hydrogen) atoms. The van der Waals surface area contributed by atoms with Crippen LogP contribution >= 0.6 is 0 Å². The summed E-state index contributed by atoms with van der Waals surface area (Å²) < 4.78 is 0. The molecule has 0 aliphatic rings. The van der Waals surface area contributed by atoms with Crippen LogP contribution in [0, 0.1) is 0 Å². The lowest BCUT2D eigenvalue weighted by Gasteiger charge is -2.01. The van der Waals surface area contributed by atoms with Crippen molar-refractivity contribution in [3.8, 4) is 0 Å². The molecule has 0 saturated heterocycles. The Morgan fingerprint density at radius 3 is 2.55 bits per heavy atom. The number of ketones is 1. The van der Waals surface area contributed by atoms with E-state index in [9.17, 15) is 4.79 Å². The van der Waals surface area contributed by atoms with Crippen molar-refractivity contribution in [3.05, 3.63) is 84.2 Å². The Balaban J connectivity index is 1.94. The predicted octanol–water partition coefficient (Wildman–Crippen LogP) is 4.13. The Morgan fingerprint density at radius 2 is 1.70 bits per heavy atom. The second-order valence-corrected chi connectivity index (χ2v) is 4.48. The van der Waals surface area contributed by atoms with E-state index >= 15 is 0 Å². The standard InChI is InChI=1S/C18H13NO/c20-18(17-10-3-4-13-19-17)12-11-15-8-5-7-14-6-1-2-9-16(14)15/h1-13H. The molecular weight excluding hydrogens is 246 g/mol. The third kappa shape index (κ3) is 2.50. The number of benzene rings is 2. The van der Waals surface area contributed by atoms with Gasteiger partial charge in [0.2, 0.25) is 5.78 Å². The quantitative estimate of drug-likeness (QED) is 0.523. The fourth-order valence-corrected chi connectivity index (χ4v) is 2.16. The second kappa shape index (κ2) is 5.49. The maximum atomic E-state index is 12.0. The lowest BCUT2D eigenvalue weighted by atomic mass is 10.0. The molecule has 0 saturated carbocycles. The fourth-order valence-electron chi connectivity index (χ4n) is 2.16. The van der Waals surface area contributed by atoms with Crippen molar-refractivity contribution in [1.29, 1.82) is 0 Å². The third-order valence-electron chi connectivity index (χ3n) is 3.15. The van der Waals surface area contributed by atoms with Gasteiger partial charge in [0, 0.05) is 6.20 Å². The first-order chi connectivity index (χ1) is 9.84. The van der Waals surface area contributed by atoms with E-state index in [4.69, 9.17) is 0 Å². The third-order valence-corrected chi connectivity index (χ3v) is 3.15. The Hall–Kier alpha value is -2.74. The van der Waals surface area contributed by atoms with Crippen molar-refractivity contribution in [2.45, 2.75) is 0 Å². The van der Waals surface area contributed by atoms with Crippen LogP contribution in [0.5, 0.6) is 0 Å². The van der Waals surface area contributed by atoms with E-state index in [0.717, 1.165) is 10.9 Å². The van der Waals surface area contributed by atoms with E-state index in [0.29, 0.717) is 5.69 Å². The number of allylic oxidation sites excluding steroid dienone is 1. The number of nitrogens with zero attached hydrogens (tertiary/aromatic N) is 1. The molecule has 3 aromatic rings. The first kappa shape index (κ1) is 12.3. The summed E-state index contributed by atoms with van der Waals surface area (Å²) in [5, 5.41) is 2.31. The highest BCUT2D eigenvalue weighted by molar-refractivity contribution is 6.06. The highest BCUT2D eigenvalue weighted by atomic mass is 16.1. The fraction of sp³-hybridized carbons (Fsp3) is 0. The van der Waals surface area contributed by atoms with Crippen molar-refractivity contribution < 1.29 is 4.79 Å². The molecule has 0 fully saturated rings. The topological polar surface area (TPSA) is 30.0 Å². The van der Waals surface area contributed by atoms with Gasteiger partial charge in [0.15, 0.2) is 0 Å². The SMILES string of the molecule is O=C(C=Cc1cccc2ccccc12)c1ccccn1. The minimum Gasteiger partial charge on any atom is -0.288 e. The summed E-state index contributed by atoms with van der Waals surface area (Å²) in [7, 11) is 0. The summed E-state index contributed by atoms with van der Waals surface area (Å²) in [6.45, 7) is 0. The molecule has 0 N–H and O–H groups in total. The smallest absolute Gasteiger partial charge is 0.204 e. The number of rotatable bonds is 3. The van der Waals surface area contributed by atoms with Crippen LogP contribution in [0.3, 0.4) is 0 Å². The van der Waals surface area contributed by atoms with Crippen LogP contribution in [0.1, 0.15) is 16.1 Å². The Morgan fingerprint density at radius 1 is 0.900 bits per heavy atom. The first-order valence-corrected chi connectivity index (χ1v) is 6.46. The highest BCUT2D eigenvalue weighted by Crippen LogP contribution is 2.19. The maximum absolute atomic E-state index is 12.0. The molecule has 1 heterocycles. The average molecular weight is 259 g/mol. The number of fused-ring (bicyclic) bond motifs is 1. The van der Waals surface area contributed by atoms with Crippen molar-refractivity contribution in [2.24, 2.45) is 0 Å². The molecular formula is C18H13NO. The minimum absolute atomic E-state index is 0.0847. The normalized spacial score (nSPS) is 11.0. The van der Waals surface area contributed by atoms with E-state index in [1.807, 2.05) is 36.4 Å². The van der Waals surface area contributed by atoms with Crippen LogP contribution in [0.4, 0.5) is 0 Å². The van der Waals surface area contributed by atoms with Gasteiger partial charge in [0.25, 0.3) is 0 Å². The molecule has 3 rings (SSSR count). The maximum Gasteiger partial charge on any atom is 0.204 e. The molecule has 0 unspecified atom stereocenters. The largest absolute Gasteiger partial charge is 0.288 e. The summed E-state index contributed by atoms with van der Waals surface area (Å²) >= 11 is 0. The van der Waals surface area contributed by atoms with Crippen LogP contribution in [-0.4, -0.2) is 10.8 Å². The molecule has 2 heteroatoms. The van der Waals surface area contributed by atoms with Gasteiger partial charge in [-0.1, -0.05) is 54.6 Å². The van der Waals surface area contributed by atoms with Crippen LogP contribution in [0.25, 0.3) is 16.8 Å². The molecule has 0 atom stereocenters. The number of pyridine rings is 1. The average Bonchev–Trinajstić information content (AvgIpc) is 2.53. The van der Waals surface area contributed by atoms with Gasteiger partial charge >= 0.3 is 0 Å². The van der Waals surface area contributed by atoms with Gasteiger partial charge < -0.3 is 0 Å². The van der Waals surface area contributed by atoms with Crippen LogP contribution < -0.4 is 0 Å². The van der Waals surface area contributed by atoms with Crippen LogP contribution in [0.15, 0.2) is 72.9 Å². The van der Waals surface area contributed by atoms with E-state index < -0.39 is 0 Å². The minimum atomic E-state index is -0.0847. The molecule has 0 radical (unpaired) electrons. The highest BCUT2D eigenvalue weighted by Gasteiger charge is 2.02. The summed E-state index contributed by atoms with van der Waals surface area (Å²) in [5.74, 6) is -0.0847. The summed E-state index contributed by atoms with van der Waals surface area (Å²) in [6.07, 6.45) is 5.04. The molecule has 2 aromatic carbocycles. The zero-order valence-electron chi connectivity index (χ0n) is 10.9. The van der Waals surface area contributed by atoms with Gasteiger partial charge in [-0.3, -0.25) is 9.78 Å². The van der Waals surface area contributed by atoms with Gasteiger partial charge in [0.1, 0.15) is 5.69 Å². The number of hydrogen-bond acceptors (Lipinski definition) is 2. The van der Waals surface area contributed by atoms with Crippen LogP contribution in [-0.2, 0) is 0 Å². The van der Waals surface area contributed by atoms with Gasteiger partial charge in [-0.2, -0.15) is 0 Å². The summed E-state index contributed by atoms with van der Waals surface area (Å²) in [6, 6.07) is 19.5. The summed E-state index contributed by atoms with van der Waals surface area (Å²) in [5.41, 5.74) is 1.50. The Kier molecular flexibility index (Phi) is 3.38. The monoisotopic (exact) mass is 259 g/mol. The van der Waals surface area contributed by atoms with Crippen molar-refractivity contribution in [2.75, 3.05) is 0 Å². The van der Waals surface area contributed by atoms with E-state index in [1.54, 1.807) is 24.4 Å². The zero-order valence-corrected chi connectivity index (χ0v) is 10.9. The number of aromatic nitrogens is 1. The molecule has 2 nitrogen and oxygen atoms in total. The van der Waals surface area contributed by atoms with Gasteiger partial charge in [-0.25, -0.2) is 0 Å². The first-order valence-electron chi connectivity index (χ1n) is 6.46. The van der Waals surface area contributed by atoms with E-state index in [1.165, 1.54) is 5.39 Å². The van der Waals surface area contributed by atoms with Crippen molar-refractivity contribution >= 4 is 22.6 Å². The van der Waals surface area contributed by atoms with E-state index in [-0.39, 0.29) is 5.78 Å². The molecule has 0 aliphatic heterocycles. The molecule has 0 aliphatic carbocycles. The molecule has 96 valence electrons. The number of hydrogen-bond donors (Lipinski definition) is 0.